The highest BCUT2D eigenvalue weighted by Gasteiger charge is 2.55. The molecule has 0 saturated carbocycles. The molecule has 0 aliphatic carbocycles. The second-order valence-corrected chi connectivity index (χ2v) is 8.28. The fraction of sp³-hybridized carbons (Fsp3) is 0.304. The van der Waals surface area contributed by atoms with E-state index in [2.05, 4.69) is 34.3 Å². The van der Waals surface area contributed by atoms with Crippen molar-refractivity contribution >= 4 is 17.5 Å². The summed E-state index contributed by atoms with van der Waals surface area (Å²) >= 11 is 0. The molecule has 32 heavy (non-hydrogen) atoms. The lowest BCUT2D eigenvalue weighted by Gasteiger charge is -2.19. The van der Waals surface area contributed by atoms with Crippen LogP contribution in [0.1, 0.15) is 36.8 Å². The van der Waals surface area contributed by atoms with Crippen LogP contribution < -0.4 is 4.90 Å². The second-order valence-electron chi connectivity index (χ2n) is 8.28. The smallest absolute Gasteiger partial charge is 0.263 e. The third-order valence-corrected chi connectivity index (χ3v) is 5.83. The molecule has 2 aromatic carbocycles. The molecule has 0 N–H and O–H groups in total. The minimum absolute atomic E-state index is 0.0860. The summed E-state index contributed by atoms with van der Waals surface area (Å²) in [6, 6.07) is 13.5. The molecular formula is C23H22N6O3. The lowest BCUT2D eigenvalue weighted by atomic mass is 10.0. The van der Waals surface area contributed by atoms with E-state index in [1.165, 1.54) is 9.91 Å². The highest BCUT2D eigenvalue weighted by molar-refractivity contribution is 6.25. The van der Waals surface area contributed by atoms with Crippen molar-refractivity contribution in [2.45, 2.75) is 45.3 Å². The SMILES string of the molecule is Cc1ccccc1-c1noc(CN2N=N[C@H]3C(=O)N(c4ccc(C(C)C)cc4)C(=O)[C@H]32)n1. The Bertz CT molecular complexity index is 1220. The first-order valence-electron chi connectivity index (χ1n) is 10.5. The number of imide groups is 1. The number of benzene rings is 2. The quantitative estimate of drug-likeness (QED) is 0.572. The van der Waals surface area contributed by atoms with Crippen molar-refractivity contribution in [3.8, 4) is 11.4 Å². The van der Waals surface area contributed by atoms with E-state index in [9.17, 15) is 9.59 Å². The third kappa shape index (κ3) is 3.26. The van der Waals surface area contributed by atoms with Crippen LogP contribution >= 0.6 is 0 Å². The Kier molecular flexibility index (Phi) is 4.80. The Morgan fingerprint density at radius 2 is 1.78 bits per heavy atom. The summed E-state index contributed by atoms with van der Waals surface area (Å²) < 4.78 is 5.38. The van der Waals surface area contributed by atoms with Crippen LogP contribution in [-0.4, -0.2) is 39.0 Å². The average molecular weight is 430 g/mol. The lowest BCUT2D eigenvalue weighted by molar-refractivity contribution is -0.123. The van der Waals surface area contributed by atoms with Crippen molar-refractivity contribution in [2.75, 3.05) is 4.90 Å². The van der Waals surface area contributed by atoms with Gasteiger partial charge in [0.1, 0.15) is 6.54 Å². The van der Waals surface area contributed by atoms with Gasteiger partial charge < -0.3 is 4.52 Å². The highest BCUT2D eigenvalue weighted by atomic mass is 16.5. The maximum atomic E-state index is 13.2. The number of anilines is 1. The molecule has 0 unspecified atom stereocenters. The van der Waals surface area contributed by atoms with Gasteiger partial charge in [-0.15, -0.1) is 0 Å². The van der Waals surface area contributed by atoms with Gasteiger partial charge in [0.25, 0.3) is 11.8 Å². The van der Waals surface area contributed by atoms with E-state index in [1.807, 2.05) is 43.3 Å². The topological polar surface area (TPSA) is 104 Å². The summed E-state index contributed by atoms with van der Waals surface area (Å²) in [5.41, 5.74) is 3.56. The minimum atomic E-state index is -0.869. The summed E-state index contributed by atoms with van der Waals surface area (Å²) in [5, 5.41) is 13.6. The van der Waals surface area contributed by atoms with Gasteiger partial charge in [0.05, 0.1) is 5.69 Å². The first kappa shape index (κ1) is 20.0. The number of fused-ring (bicyclic) bond motifs is 1. The Morgan fingerprint density at radius 3 is 2.50 bits per heavy atom. The molecule has 2 aliphatic heterocycles. The van der Waals surface area contributed by atoms with Crippen LogP contribution in [0.3, 0.4) is 0 Å². The molecule has 0 radical (unpaired) electrons. The van der Waals surface area contributed by atoms with Gasteiger partial charge in [-0.3, -0.25) is 14.6 Å². The summed E-state index contributed by atoms with van der Waals surface area (Å²) in [6.45, 7) is 6.23. The summed E-state index contributed by atoms with van der Waals surface area (Å²) in [6.07, 6.45) is 0. The Balaban J connectivity index is 1.35. The van der Waals surface area contributed by atoms with Gasteiger partial charge in [0, 0.05) is 5.56 Å². The van der Waals surface area contributed by atoms with Crippen LogP contribution in [0.25, 0.3) is 11.4 Å². The van der Waals surface area contributed by atoms with E-state index in [0.29, 0.717) is 23.3 Å². The van der Waals surface area contributed by atoms with Gasteiger partial charge in [0.2, 0.25) is 11.7 Å². The van der Waals surface area contributed by atoms with Crippen LogP contribution in [0.15, 0.2) is 63.4 Å². The van der Waals surface area contributed by atoms with Crippen molar-refractivity contribution < 1.29 is 14.1 Å². The molecule has 0 bridgehead atoms. The van der Waals surface area contributed by atoms with Crippen molar-refractivity contribution in [3.63, 3.8) is 0 Å². The van der Waals surface area contributed by atoms with E-state index in [-0.39, 0.29) is 18.4 Å². The van der Waals surface area contributed by atoms with E-state index < -0.39 is 12.1 Å². The molecule has 2 aliphatic rings. The number of rotatable bonds is 5. The largest absolute Gasteiger partial charge is 0.337 e. The Morgan fingerprint density at radius 1 is 1.03 bits per heavy atom. The highest BCUT2D eigenvalue weighted by Crippen LogP contribution is 2.33. The third-order valence-electron chi connectivity index (χ3n) is 5.83. The molecular weight excluding hydrogens is 408 g/mol. The summed E-state index contributed by atoms with van der Waals surface area (Å²) in [5.74, 6) is 0.376. The van der Waals surface area contributed by atoms with Crippen LogP contribution in [0.2, 0.25) is 0 Å². The zero-order valence-corrected chi connectivity index (χ0v) is 18.0. The number of carbonyl (C=O) groups excluding carboxylic acids is 2. The van der Waals surface area contributed by atoms with E-state index in [0.717, 1.165) is 16.7 Å². The molecule has 9 nitrogen and oxygen atoms in total. The average Bonchev–Trinajstić information content (AvgIpc) is 3.47. The summed E-state index contributed by atoms with van der Waals surface area (Å²) in [7, 11) is 0. The van der Waals surface area contributed by atoms with Gasteiger partial charge in [-0.2, -0.15) is 10.1 Å². The van der Waals surface area contributed by atoms with Crippen LogP contribution in [0.4, 0.5) is 5.69 Å². The molecule has 5 rings (SSSR count). The van der Waals surface area contributed by atoms with Gasteiger partial charge >= 0.3 is 0 Å². The molecule has 0 spiro atoms. The first-order chi connectivity index (χ1) is 15.4. The number of aromatic nitrogens is 2. The number of hydrogen-bond acceptors (Lipinski definition) is 8. The maximum absolute atomic E-state index is 13.2. The van der Waals surface area contributed by atoms with Crippen LogP contribution in [0.5, 0.6) is 0 Å². The number of carbonyl (C=O) groups is 2. The Labute approximate surface area is 184 Å². The molecule has 1 saturated heterocycles. The lowest BCUT2D eigenvalue weighted by Crippen LogP contribution is -2.39. The second kappa shape index (κ2) is 7.67. The van der Waals surface area contributed by atoms with Crippen molar-refractivity contribution in [2.24, 2.45) is 10.3 Å². The normalized spacial score (nSPS) is 20.0. The fourth-order valence-corrected chi connectivity index (χ4v) is 4.01. The van der Waals surface area contributed by atoms with E-state index in [4.69, 9.17) is 4.52 Å². The molecule has 9 heteroatoms. The zero-order valence-electron chi connectivity index (χ0n) is 18.0. The monoisotopic (exact) mass is 430 g/mol. The summed E-state index contributed by atoms with van der Waals surface area (Å²) in [4.78, 5) is 31.7. The van der Waals surface area contributed by atoms with Crippen molar-refractivity contribution in [1.82, 2.24) is 15.1 Å². The van der Waals surface area contributed by atoms with Gasteiger partial charge in [0.15, 0.2) is 12.1 Å². The first-order valence-corrected chi connectivity index (χ1v) is 10.5. The number of nitrogens with zero attached hydrogens (tertiary/aromatic N) is 6. The number of amides is 2. The fourth-order valence-electron chi connectivity index (χ4n) is 4.01. The molecule has 162 valence electrons. The zero-order chi connectivity index (χ0) is 22.4. The van der Waals surface area contributed by atoms with E-state index in [1.54, 1.807) is 12.1 Å². The molecule has 1 fully saturated rings. The molecule has 1 aromatic heterocycles. The van der Waals surface area contributed by atoms with E-state index >= 15 is 0 Å². The molecule has 2 atom stereocenters. The predicted octanol–water partition coefficient (Wildman–Crippen LogP) is 3.66. The Hall–Kier alpha value is -3.88. The molecule has 3 aromatic rings. The predicted molar refractivity (Wildman–Crippen MR) is 115 cm³/mol. The van der Waals surface area contributed by atoms with Crippen LogP contribution in [-0.2, 0) is 16.1 Å². The van der Waals surface area contributed by atoms with Gasteiger partial charge in [-0.25, -0.2) is 4.90 Å². The van der Waals surface area contributed by atoms with Crippen molar-refractivity contribution in [1.29, 1.82) is 0 Å². The van der Waals surface area contributed by atoms with Gasteiger partial charge in [-0.05, 0) is 36.1 Å². The molecule has 3 heterocycles. The van der Waals surface area contributed by atoms with Gasteiger partial charge in [-0.1, -0.05) is 60.6 Å². The standard InChI is InChI=1S/C23H22N6O3/c1-13(2)15-8-10-16(11-9-15)29-22(30)19-20(23(29)31)28(27-25-19)12-18-24-21(26-32-18)17-7-5-4-6-14(17)3/h4-11,13,19-20H,12H2,1-3H3/t19-,20+/m1/s1. The van der Waals surface area contributed by atoms with Crippen molar-refractivity contribution in [3.05, 3.63) is 65.5 Å². The molecule has 2 amide bonds. The maximum Gasteiger partial charge on any atom is 0.263 e. The number of hydrogen-bond donors (Lipinski definition) is 0. The van der Waals surface area contributed by atoms with Crippen LogP contribution in [0, 0.1) is 6.92 Å². The number of aryl methyl sites for hydroxylation is 1. The minimum Gasteiger partial charge on any atom is -0.337 e.